The van der Waals surface area contributed by atoms with E-state index in [0.717, 1.165) is 30.4 Å². The van der Waals surface area contributed by atoms with Crippen LogP contribution in [0.2, 0.25) is 0 Å². The molecule has 0 fully saturated rings. The number of aryl methyl sites for hydroxylation is 1. The second-order valence-corrected chi connectivity index (χ2v) is 6.34. The highest BCUT2D eigenvalue weighted by Gasteiger charge is 2.18. The molecule has 0 aliphatic heterocycles. The Balaban J connectivity index is 3.08. The van der Waals surface area contributed by atoms with Crippen molar-refractivity contribution in [3.05, 3.63) is 29.3 Å². The molecule has 0 bridgehead atoms. The first kappa shape index (κ1) is 16.1. The zero-order chi connectivity index (χ0) is 14.5. The van der Waals surface area contributed by atoms with Gasteiger partial charge in [-0.1, -0.05) is 26.8 Å². The molecule has 5 heteroatoms. The summed E-state index contributed by atoms with van der Waals surface area (Å²) in [6.07, 6.45) is 2.42. The molecule has 0 radical (unpaired) electrons. The molecule has 0 heterocycles. The Morgan fingerprint density at radius 1 is 1.16 bits per heavy atom. The van der Waals surface area contributed by atoms with E-state index in [-0.39, 0.29) is 6.04 Å². The molecule has 108 valence electrons. The molecule has 0 aliphatic rings. The van der Waals surface area contributed by atoms with Crippen LogP contribution in [0.5, 0.6) is 0 Å². The van der Waals surface area contributed by atoms with E-state index in [1.165, 1.54) is 0 Å². The minimum absolute atomic E-state index is 0.0165. The van der Waals surface area contributed by atoms with Gasteiger partial charge in [0.05, 0.1) is 4.90 Å². The fraction of sp³-hybridized carbons (Fsp3) is 0.571. The molecule has 0 atom stereocenters. The highest BCUT2D eigenvalue weighted by molar-refractivity contribution is 7.89. The van der Waals surface area contributed by atoms with E-state index in [4.69, 9.17) is 5.73 Å². The molecule has 1 aromatic rings. The van der Waals surface area contributed by atoms with Crippen molar-refractivity contribution >= 4 is 10.0 Å². The standard InChI is InChI=1S/C14H24N2O2S/c1-4-11-7-8-14(9-12(11)10-15)19(17,18)16-13(5-2)6-3/h7-9,13,16H,4-6,10,15H2,1-3H3. The maximum atomic E-state index is 12.3. The van der Waals surface area contributed by atoms with Crippen LogP contribution in [-0.4, -0.2) is 14.5 Å². The van der Waals surface area contributed by atoms with Gasteiger partial charge < -0.3 is 5.73 Å². The third-order valence-corrected chi connectivity index (χ3v) is 4.91. The maximum absolute atomic E-state index is 12.3. The zero-order valence-corrected chi connectivity index (χ0v) is 12.8. The lowest BCUT2D eigenvalue weighted by Gasteiger charge is -2.16. The van der Waals surface area contributed by atoms with Gasteiger partial charge in [0.25, 0.3) is 0 Å². The second kappa shape index (κ2) is 7.03. The Bertz CT molecular complexity index is 508. The van der Waals surface area contributed by atoms with Crippen molar-refractivity contribution in [3.8, 4) is 0 Å². The highest BCUT2D eigenvalue weighted by atomic mass is 32.2. The quantitative estimate of drug-likeness (QED) is 0.806. The van der Waals surface area contributed by atoms with Gasteiger partial charge in [-0.05, 0) is 42.5 Å². The molecular weight excluding hydrogens is 260 g/mol. The van der Waals surface area contributed by atoms with Crippen molar-refractivity contribution < 1.29 is 8.42 Å². The average Bonchev–Trinajstić information content (AvgIpc) is 2.43. The Morgan fingerprint density at radius 2 is 1.79 bits per heavy atom. The minimum Gasteiger partial charge on any atom is -0.326 e. The van der Waals surface area contributed by atoms with Gasteiger partial charge in [-0.3, -0.25) is 0 Å². The van der Waals surface area contributed by atoms with Crippen LogP contribution in [0.25, 0.3) is 0 Å². The summed E-state index contributed by atoms with van der Waals surface area (Å²) in [5.74, 6) is 0. The topological polar surface area (TPSA) is 72.2 Å². The predicted molar refractivity (Wildman–Crippen MR) is 78.4 cm³/mol. The van der Waals surface area contributed by atoms with E-state index < -0.39 is 10.0 Å². The van der Waals surface area contributed by atoms with E-state index in [2.05, 4.69) is 4.72 Å². The first-order chi connectivity index (χ1) is 8.98. The molecule has 19 heavy (non-hydrogen) atoms. The number of hydrogen-bond acceptors (Lipinski definition) is 3. The van der Waals surface area contributed by atoms with Crippen molar-refractivity contribution in [3.63, 3.8) is 0 Å². The van der Waals surface area contributed by atoms with E-state index in [1.54, 1.807) is 12.1 Å². The number of nitrogens with two attached hydrogens (primary N) is 1. The van der Waals surface area contributed by atoms with Crippen LogP contribution in [0, 0.1) is 0 Å². The molecular formula is C14H24N2O2S. The van der Waals surface area contributed by atoms with Gasteiger partial charge in [0, 0.05) is 12.6 Å². The Morgan fingerprint density at radius 3 is 2.26 bits per heavy atom. The molecule has 0 unspecified atom stereocenters. The summed E-state index contributed by atoms with van der Waals surface area (Å²) < 4.78 is 27.3. The molecule has 0 saturated heterocycles. The molecule has 0 amide bonds. The summed E-state index contributed by atoms with van der Waals surface area (Å²) in [5, 5.41) is 0. The first-order valence-electron chi connectivity index (χ1n) is 6.82. The molecule has 1 aromatic carbocycles. The molecule has 0 saturated carbocycles. The van der Waals surface area contributed by atoms with Gasteiger partial charge in [0.2, 0.25) is 10.0 Å². The summed E-state index contributed by atoms with van der Waals surface area (Å²) >= 11 is 0. The zero-order valence-electron chi connectivity index (χ0n) is 11.9. The molecule has 0 spiro atoms. The lowest BCUT2D eigenvalue weighted by atomic mass is 10.1. The van der Waals surface area contributed by atoms with Crippen molar-refractivity contribution in [1.29, 1.82) is 0 Å². The lowest BCUT2D eigenvalue weighted by molar-refractivity contribution is 0.530. The van der Waals surface area contributed by atoms with Crippen molar-refractivity contribution in [2.75, 3.05) is 0 Å². The Kier molecular flexibility index (Phi) is 5.97. The SMILES string of the molecule is CCc1ccc(S(=O)(=O)NC(CC)CC)cc1CN. The van der Waals surface area contributed by atoms with E-state index >= 15 is 0 Å². The number of benzene rings is 1. The van der Waals surface area contributed by atoms with E-state index in [9.17, 15) is 8.42 Å². The van der Waals surface area contributed by atoms with E-state index in [0.29, 0.717) is 11.4 Å². The molecule has 0 aliphatic carbocycles. The first-order valence-corrected chi connectivity index (χ1v) is 8.30. The Hall–Kier alpha value is -0.910. The number of hydrogen-bond donors (Lipinski definition) is 2. The fourth-order valence-electron chi connectivity index (χ4n) is 2.05. The van der Waals surface area contributed by atoms with Crippen LogP contribution in [0.3, 0.4) is 0 Å². The monoisotopic (exact) mass is 284 g/mol. The summed E-state index contributed by atoms with van der Waals surface area (Å²) in [4.78, 5) is 0.303. The third-order valence-electron chi connectivity index (χ3n) is 3.40. The van der Waals surface area contributed by atoms with Gasteiger partial charge in [0.1, 0.15) is 0 Å². The summed E-state index contributed by atoms with van der Waals surface area (Å²) in [6.45, 7) is 6.34. The number of rotatable bonds is 7. The maximum Gasteiger partial charge on any atom is 0.240 e. The molecule has 1 rings (SSSR count). The van der Waals surface area contributed by atoms with Crippen molar-refractivity contribution in [2.45, 2.75) is 57.5 Å². The minimum atomic E-state index is -3.45. The molecule has 4 nitrogen and oxygen atoms in total. The fourth-order valence-corrected chi connectivity index (χ4v) is 3.50. The van der Waals surface area contributed by atoms with Gasteiger partial charge in [-0.25, -0.2) is 13.1 Å². The molecule has 3 N–H and O–H groups in total. The largest absolute Gasteiger partial charge is 0.326 e. The summed E-state index contributed by atoms with van der Waals surface area (Å²) in [6, 6.07) is 5.17. The van der Waals surface area contributed by atoms with E-state index in [1.807, 2.05) is 26.8 Å². The van der Waals surface area contributed by atoms with Crippen LogP contribution >= 0.6 is 0 Å². The lowest BCUT2D eigenvalue weighted by Crippen LogP contribution is -2.33. The highest BCUT2D eigenvalue weighted by Crippen LogP contribution is 2.17. The number of sulfonamides is 1. The van der Waals surface area contributed by atoms with Crippen LogP contribution < -0.4 is 10.5 Å². The predicted octanol–water partition coefficient (Wildman–Crippen LogP) is 2.17. The van der Waals surface area contributed by atoms with Gasteiger partial charge in [-0.15, -0.1) is 0 Å². The van der Waals surface area contributed by atoms with Crippen LogP contribution in [0.4, 0.5) is 0 Å². The molecule has 0 aromatic heterocycles. The van der Waals surface area contributed by atoms with Gasteiger partial charge >= 0.3 is 0 Å². The Labute approximate surface area is 116 Å². The van der Waals surface area contributed by atoms with Crippen molar-refractivity contribution in [1.82, 2.24) is 4.72 Å². The van der Waals surface area contributed by atoms with Crippen LogP contribution in [0.1, 0.15) is 44.7 Å². The smallest absolute Gasteiger partial charge is 0.240 e. The summed E-state index contributed by atoms with van der Waals surface area (Å²) in [7, 11) is -3.45. The van der Waals surface area contributed by atoms with Gasteiger partial charge in [0.15, 0.2) is 0 Å². The third kappa shape index (κ3) is 4.03. The number of nitrogens with one attached hydrogen (secondary N) is 1. The van der Waals surface area contributed by atoms with Crippen molar-refractivity contribution in [2.24, 2.45) is 5.73 Å². The normalized spacial score (nSPS) is 12.1. The van der Waals surface area contributed by atoms with Gasteiger partial charge in [-0.2, -0.15) is 0 Å². The average molecular weight is 284 g/mol. The summed E-state index contributed by atoms with van der Waals surface area (Å²) in [5.41, 5.74) is 7.68. The van der Waals surface area contributed by atoms with Crippen LogP contribution in [-0.2, 0) is 23.0 Å². The second-order valence-electron chi connectivity index (χ2n) is 4.62. The van der Waals surface area contributed by atoms with Crippen LogP contribution in [0.15, 0.2) is 23.1 Å².